The molecule has 2 aliphatic rings. The van der Waals surface area contributed by atoms with Crippen molar-refractivity contribution in [2.45, 2.75) is 50.9 Å². The molecule has 3 aromatic rings. The van der Waals surface area contributed by atoms with Crippen LogP contribution in [0.2, 0.25) is 0 Å². The van der Waals surface area contributed by atoms with Gasteiger partial charge in [-0.2, -0.15) is 17.9 Å². The van der Waals surface area contributed by atoms with E-state index < -0.39 is 23.7 Å². The van der Waals surface area contributed by atoms with Gasteiger partial charge in [0.05, 0.1) is 17.7 Å². The zero-order valence-electron chi connectivity index (χ0n) is 18.4. The Hall–Kier alpha value is -3.50. The van der Waals surface area contributed by atoms with Crippen molar-refractivity contribution >= 4 is 5.91 Å². The Bertz CT molecular complexity index is 1170. The second-order valence-electron chi connectivity index (χ2n) is 8.73. The van der Waals surface area contributed by atoms with Crippen LogP contribution >= 0.6 is 0 Å². The van der Waals surface area contributed by atoms with Gasteiger partial charge in [-0.25, -0.2) is 15.0 Å². The van der Waals surface area contributed by atoms with Gasteiger partial charge in [0, 0.05) is 24.5 Å². The van der Waals surface area contributed by atoms with Crippen molar-refractivity contribution in [2.75, 3.05) is 6.54 Å². The Morgan fingerprint density at radius 1 is 1.15 bits per heavy atom. The number of carbonyl (C=O) groups is 1. The molecule has 1 aromatic carbocycles. The summed E-state index contributed by atoms with van der Waals surface area (Å²) in [5, 5.41) is 4.41. The van der Waals surface area contributed by atoms with Gasteiger partial charge in [-0.1, -0.05) is 0 Å². The Balaban J connectivity index is 1.45. The number of rotatable bonds is 8. The highest BCUT2D eigenvalue weighted by Gasteiger charge is 2.36. The summed E-state index contributed by atoms with van der Waals surface area (Å²) in [4.78, 5) is 27.7. The molecular weight excluding hydrogens is 449 g/mol. The Kier molecular flexibility index (Phi) is 5.70. The first-order chi connectivity index (χ1) is 16.3. The lowest BCUT2D eigenvalue weighted by molar-refractivity contribution is -0.137. The van der Waals surface area contributed by atoms with E-state index in [2.05, 4.69) is 20.1 Å². The van der Waals surface area contributed by atoms with Crippen molar-refractivity contribution < 1.29 is 22.7 Å². The predicted molar refractivity (Wildman–Crippen MR) is 114 cm³/mol. The molecule has 0 bridgehead atoms. The molecule has 1 amide bonds. The SMILES string of the molecule is CC(c1ncn(-c2ncccn2)n1)N(CC1CC1)C(=O)c1cc(OC2CC2)cc(C(F)(F)F)c1. The molecule has 0 spiro atoms. The third-order valence-corrected chi connectivity index (χ3v) is 5.83. The summed E-state index contributed by atoms with van der Waals surface area (Å²) < 4.78 is 47.7. The molecule has 0 aliphatic heterocycles. The Morgan fingerprint density at radius 2 is 1.88 bits per heavy atom. The van der Waals surface area contributed by atoms with Gasteiger partial charge in [-0.3, -0.25) is 4.79 Å². The zero-order valence-corrected chi connectivity index (χ0v) is 18.4. The van der Waals surface area contributed by atoms with E-state index in [1.54, 1.807) is 30.3 Å². The van der Waals surface area contributed by atoms with Gasteiger partial charge in [-0.15, -0.1) is 5.10 Å². The van der Waals surface area contributed by atoms with E-state index in [9.17, 15) is 18.0 Å². The molecule has 2 heterocycles. The van der Waals surface area contributed by atoms with Gasteiger partial charge < -0.3 is 9.64 Å². The van der Waals surface area contributed by atoms with Crippen LogP contribution in [0, 0.1) is 5.92 Å². The van der Waals surface area contributed by atoms with Crippen molar-refractivity contribution in [2.24, 2.45) is 5.92 Å². The molecule has 2 saturated carbocycles. The van der Waals surface area contributed by atoms with Gasteiger partial charge in [0.25, 0.3) is 11.9 Å². The second-order valence-corrected chi connectivity index (χ2v) is 8.73. The number of hydrogen-bond donors (Lipinski definition) is 0. The van der Waals surface area contributed by atoms with Gasteiger partial charge in [0.15, 0.2) is 5.82 Å². The minimum Gasteiger partial charge on any atom is -0.490 e. The smallest absolute Gasteiger partial charge is 0.416 e. The number of nitrogens with zero attached hydrogens (tertiary/aromatic N) is 6. The van der Waals surface area contributed by atoms with Crippen LogP contribution in [0.25, 0.3) is 5.95 Å². The lowest BCUT2D eigenvalue weighted by Gasteiger charge is -2.28. The molecule has 11 heteroatoms. The highest BCUT2D eigenvalue weighted by Crippen LogP contribution is 2.37. The highest BCUT2D eigenvalue weighted by molar-refractivity contribution is 5.95. The maximum absolute atomic E-state index is 13.6. The quantitative estimate of drug-likeness (QED) is 0.488. The molecule has 34 heavy (non-hydrogen) atoms. The average Bonchev–Trinajstić information content (AvgIpc) is 3.76. The fourth-order valence-electron chi connectivity index (χ4n) is 3.61. The Morgan fingerprint density at radius 3 is 2.53 bits per heavy atom. The number of alkyl halides is 3. The van der Waals surface area contributed by atoms with Crippen LogP contribution in [0.3, 0.4) is 0 Å². The van der Waals surface area contributed by atoms with E-state index in [1.807, 2.05) is 0 Å². The minimum atomic E-state index is -4.60. The van der Waals surface area contributed by atoms with Crippen LogP contribution in [-0.2, 0) is 6.18 Å². The number of amides is 1. The summed E-state index contributed by atoms with van der Waals surface area (Å²) in [5.74, 6) is 0.525. The van der Waals surface area contributed by atoms with Crippen LogP contribution in [0.4, 0.5) is 13.2 Å². The van der Waals surface area contributed by atoms with Gasteiger partial charge in [0.2, 0.25) is 0 Å². The third kappa shape index (κ3) is 5.02. The molecule has 5 rings (SSSR count). The van der Waals surface area contributed by atoms with Gasteiger partial charge in [-0.05, 0) is 62.8 Å². The maximum Gasteiger partial charge on any atom is 0.416 e. The average molecular weight is 472 g/mol. The van der Waals surface area contributed by atoms with Crippen LogP contribution in [-0.4, -0.2) is 48.2 Å². The van der Waals surface area contributed by atoms with Crippen LogP contribution in [0.5, 0.6) is 5.75 Å². The first kappa shape index (κ1) is 22.3. The standard InChI is InChI=1S/C23H23F3N6O2/c1-14(20-29-13-32(30-20)22-27-7-2-8-28-22)31(12-15-3-4-15)21(33)16-9-17(23(24,25)26)11-19(10-16)34-18-5-6-18/h2,7-11,13-15,18H,3-6,12H2,1H3. The van der Waals surface area contributed by atoms with Crippen molar-refractivity contribution in [3.8, 4) is 11.7 Å². The second kappa shape index (κ2) is 8.69. The molecule has 0 radical (unpaired) electrons. The fourth-order valence-corrected chi connectivity index (χ4v) is 3.61. The first-order valence-corrected chi connectivity index (χ1v) is 11.2. The molecule has 0 N–H and O–H groups in total. The van der Waals surface area contributed by atoms with Crippen LogP contribution in [0.1, 0.15) is 60.4 Å². The molecule has 2 fully saturated rings. The highest BCUT2D eigenvalue weighted by atomic mass is 19.4. The monoisotopic (exact) mass is 472 g/mol. The molecule has 0 saturated heterocycles. The number of aromatic nitrogens is 5. The van der Waals surface area contributed by atoms with E-state index in [0.29, 0.717) is 24.2 Å². The summed E-state index contributed by atoms with van der Waals surface area (Å²) >= 11 is 0. The fraction of sp³-hybridized carbons (Fsp3) is 0.435. The summed E-state index contributed by atoms with van der Waals surface area (Å²) in [6, 6.07) is 4.34. The van der Waals surface area contributed by atoms with Gasteiger partial charge >= 0.3 is 6.18 Å². The normalized spacial score (nSPS) is 16.8. The van der Waals surface area contributed by atoms with Crippen LogP contribution in [0.15, 0.2) is 43.0 Å². The van der Waals surface area contributed by atoms with Gasteiger partial charge in [0.1, 0.15) is 12.1 Å². The third-order valence-electron chi connectivity index (χ3n) is 5.83. The van der Waals surface area contributed by atoms with E-state index in [1.165, 1.54) is 17.1 Å². The van der Waals surface area contributed by atoms with E-state index in [0.717, 1.165) is 37.8 Å². The maximum atomic E-state index is 13.6. The summed E-state index contributed by atoms with van der Waals surface area (Å²) in [6.45, 7) is 2.17. The van der Waals surface area contributed by atoms with E-state index in [4.69, 9.17) is 4.74 Å². The number of carbonyl (C=O) groups excluding carboxylic acids is 1. The molecular formula is C23H23F3N6O2. The number of hydrogen-bond acceptors (Lipinski definition) is 6. The predicted octanol–water partition coefficient (Wildman–Crippen LogP) is 4.23. The lowest BCUT2D eigenvalue weighted by Crippen LogP contribution is -2.36. The van der Waals surface area contributed by atoms with Crippen molar-refractivity contribution in [3.05, 3.63) is 59.9 Å². The number of benzene rings is 1. The number of ether oxygens (including phenoxy) is 1. The van der Waals surface area contributed by atoms with E-state index >= 15 is 0 Å². The largest absolute Gasteiger partial charge is 0.490 e. The topological polar surface area (TPSA) is 86.0 Å². The summed E-state index contributed by atoms with van der Waals surface area (Å²) in [6.07, 6.45) is 3.43. The van der Waals surface area contributed by atoms with Crippen LogP contribution < -0.4 is 4.74 Å². The molecule has 2 aromatic heterocycles. The molecule has 1 atom stereocenters. The Labute approximate surface area is 193 Å². The first-order valence-electron chi connectivity index (χ1n) is 11.2. The van der Waals surface area contributed by atoms with Crippen molar-refractivity contribution in [3.63, 3.8) is 0 Å². The van der Waals surface area contributed by atoms with E-state index in [-0.39, 0.29) is 17.4 Å². The molecule has 1 unspecified atom stereocenters. The lowest BCUT2D eigenvalue weighted by atomic mass is 10.1. The van der Waals surface area contributed by atoms with Crippen molar-refractivity contribution in [1.82, 2.24) is 29.6 Å². The van der Waals surface area contributed by atoms with Crippen molar-refractivity contribution in [1.29, 1.82) is 0 Å². The minimum absolute atomic E-state index is 0.0586. The molecule has 2 aliphatic carbocycles. The number of halogens is 3. The zero-order chi connectivity index (χ0) is 23.9. The summed E-state index contributed by atoms with van der Waals surface area (Å²) in [7, 11) is 0. The molecule has 178 valence electrons. The summed E-state index contributed by atoms with van der Waals surface area (Å²) in [5.41, 5.74) is -0.972. The molecule has 8 nitrogen and oxygen atoms in total.